The van der Waals surface area contributed by atoms with Crippen LogP contribution in [-0.4, -0.2) is 16.0 Å². The Morgan fingerprint density at radius 3 is 1.82 bits per heavy atom. The molecule has 10 aromatic rings. The number of para-hydroxylation sites is 4. The lowest BCUT2D eigenvalue weighted by Gasteiger charge is -2.40. The summed E-state index contributed by atoms with van der Waals surface area (Å²) < 4.78 is 13.5. The third-order valence-corrected chi connectivity index (χ3v) is 13.0. The fraction of sp³-hybridized carbons (Fsp3) is 0.143. The van der Waals surface area contributed by atoms with E-state index in [0.717, 1.165) is 79.0 Å². The van der Waals surface area contributed by atoms with Crippen molar-refractivity contribution in [1.29, 1.82) is 0 Å². The molecule has 300 valence electrons. The third-order valence-electron chi connectivity index (χ3n) is 13.0. The molecule has 62 heavy (non-hydrogen) atoms. The SMILES string of the molecule is CC(C)C1=CC(N(c2ccccn2)c2cccc3c2oc2ccccc23)C2=CCc3c(C(C)C)cc(N(c4ccccn4)c4cccc5c4oc4ccccc45)c4ccc1c2c34. The number of anilines is 5. The summed E-state index contributed by atoms with van der Waals surface area (Å²) in [5, 5.41) is 6.86. The van der Waals surface area contributed by atoms with Crippen molar-refractivity contribution in [3.05, 3.63) is 186 Å². The van der Waals surface area contributed by atoms with Crippen LogP contribution in [0.1, 0.15) is 55.9 Å². The smallest absolute Gasteiger partial charge is 0.159 e. The molecule has 4 heterocycles. The minimum Gasteiger partial charge on any atom is -0.454 e. The number of hydrogen-bond acceptors (Lipinski definition) is 6. The summed E-state index contributed by atoms with van der Waals surface area (Å²) >= 11 is 0. The minimum absolute atomic E-state index is 0.172. The highest BCUT2D eigenvalue weighted by Crippen LogP contribution is 2.53. The monoisotopic (exact) mass is 804 g/mol. The Bertz CT molecular complexity index is 3470. The number of benzene rings is 6. The maximum Gasteiger partial charge on any atom is 0.159 e. The van der Waals surface area contributed by atoms with Crippen molar-refractivity contribution in [2.24, 2.45) is 5.92 Å². The molecule has 6 heteroatoms. The van der Waals surface area contributed by atoms with Gasteiger partial charge >= 0.3 is 0 Å². The predicted molar refractivity (Wildman–Crippen MR) is 256 cm³/mol. The molecule has 0 fully saturated rings. The second kappa shape index (κ2) is 14.1. The average Bonchev–Trinajstić information content (AvgIpc) is 3.89. The zero-order valence-corrected chi connectivity index (χ0v) is 35.1. The second-order valence-electron chi connectivity index (χ2n) is 17.2. The zero-order chi connectivity index (χ0) is 41.6. The van der Waals surface area contributed by atoms with Crippen LogP contribution >= 0.6 is 0 Å². The molecule has 0 spiro atoms. The Kier molecular flexibility index (Phi) is 8.26. The molecule has 0 N–H and O–H groups in total. The maximum absolute atomic E-state index is 6.76. The largest absolute Gasteiger partial charge is 0.454 e. The molecule has 0 amide bonds. The third kappa shape index (κ3) is 5.42. The Hall–Kier alpha value is -7.44. The van der Waals surface area contributed by atoms with Crippen molar-refractivity contribution in [2.45, 2.75) is 46.1 Å². The number of hydrogen-bond donors (Lipinski definition) is 0. The molecule has 0 bridgehead atoms. The lowest BCUT2D eigenvalue weighted by atomic mass is 9.72. The van der Waals surface area contributed by atoms with Gasteiger partial charge in [-0.05, 0) is 112 Å². The van der Waals surface area contributed by atoms with E-state index in [1.54, 1.807) is 0 Å². The fourth-order valence-electron chi connectivity index (χ4n) is 10.3. The second-order valence-corrected chi connectivity index (χ2v) is 17.2. The van der Waals surface area contributed by atoms with Gasteiger partial charge in [0.2, 0.25) is 0 Å². The first-order valence-electron chi connectivity index (χ1n) is 21.7. The molecule has 0 saturated heterocycles. The highest BCUT2D eigenvalue weighted by molar-refractivity contribution is 6.16. The highest BCUT2D eigenvalue weighted by Gasteiger charge is 2.37. The van der Waals surface area contributed by atoms with E-state index in [1.807, 2.05) is 36.7 Å². The quantitative estimate of drug-likeness (QED) is 0.152. The number of fused-ring (bicyclic) bond motifs is 6. The van der Waals surface area contributed by atoms with Crippen LogP contribution in [0.3, 0.4) is 0 Å². The molecule has 12 rings (SSSR count). The first-order chi connectivity index (χ1) is 30.4. The van der Waals surface area contributed by atoms with E-state index in [0.29, 0.717) is 0 Å². The average molecular weight is 805 g/mol. The van der Waals surface area contributed by atoms with Gasteiger partial charge in [0.25, 0.3) is 0 Å². The topological polar surface area (TPSA) is 58.5 Å². The lowest BCUT2D eigenvalue weighted by Crippen LogP contribution is -2.35. The van der Waals surface area contributed by atoms with Crippen LogP contribution in [0.2, 0.25) is 0 Å². The molecule has 2 aliphatic carbocycles. The van der Waals surface area contributed by atoms with Crippen LogP contribution in [0.4, 0.5) is 28.7 Å². The molecule has 4 aromatic heterocycles. The van der Waals surface area contributed by atoms with Gasteiger partial charge in [0.1, 0.15) is 22.8 Å². The van der Waals surface area contributed by atoms with E-state index in [4.69, 9.17) is 18.8 Å². The molecule has 2 aliphatic rings. The number of nitrogens with zero attached hydrogens (tertiary/aromatic N) is 4. The van der Waals surface area contributed by atoms with Gasteiger partial charge in [-0.2, -0.15) is 0 Å². The van der Waals surface area contributed by atoms with Crippen molar-refractivity contribution in [1.82, 2.24) is 9.97 Å². The first-order valence-corrected chi connectivity index (χ1v) is 21.7. The molecular formula is C56H44N4O2. The standard InChI is InChI=1S/C56H44N4O2/c1-33(2)43-31-47(59(51-23-9-11-29-57-51)45-19-13-17-39-35-15-5-7-21-49(35)61-55(39)45)41-28-26-38-44(34(3)4)32-48(42-27-25-37(43)53(41)54(38)42)60(52-24-10-12-30-58-52)46-20-14-18-40-36-16-6-8-22-50(36)62-56(40)46/h5-25,27-34,47H,26H2,1-4H3. The van der Waals surface area contributed by atoms with E-state index < -0.39 is 0 Å². The minimum atomic E-state index is -0.172. The molecule has 1 atom stereocenters. The van der Waals surface area contributed by atoms with Crippen molar-refractivity contribution in [3.63, 3.8) is 0 Å². The van der Waals surface area contributed by atoms with Gasteiger partial charge in [-0.3, -0.25) is 4.90 Å². The van der Waals surface area contributed by atoms with E-state index in [2.05, 4.69) is 165 Å². The summed E-state index contributed by atoms with van der Waals surface area (Å²) in [6.45, 7) is 9.27. The number of aromatic nitrogens is 2. The molecule has 6 nitrogen and oxygen atoms in total. The summed E-state index contributed by atoms with van der Waals surface area (Å²) in [4.78, 5) is 14.8. The highest BCUT2D eigenvalue weighted by atomic mass is 16.3. The number of furan rings is 2. The molecule has 0 radical (unpaired) electrons. The van der Waals surface area contributed by atoms with E-state index in [1.165, 1.54) is 44.2 Å². The van der Waals surface area contributed by atoms with E-state index in [-0.39, 0.29) is 17.9 Å². The first kappa shape index (κ1) is 36.4. The van der Waals surface area contributed by atoms with Crippen LogP contribution in [0.5, 0.6) is 0 Å². The van der Waals surface area contributed by atoms with Gasteiger partial charge in [-0.15, -0.1) is 0 Å². The van der Waals surface area contributed by atoms with E-state index >= 15 is 0 Å². The molecule has 1 unspecified atom stereocenters. The van der Waals surface area contributed by atoms with Crippen molar-refractivity contribution in [3.8, 4) is 0 Å². The van der Waals surface area contributed by atoms with Gasteiger partial charge in [0.05, 0.1) is 23.1 Å². The van der Waals surface area contributed by atoms with Gasteiger partial charge in [-0.25, -0.2) is 9.97 Å². The summed E-state index contributed by atoms with van der Waals surface area (Å²) in [5.41, 5.74) is 14.3. The Labute approximate surface area is 360 Å². The summed E-state index contributed by atoms with van der Waals surface area (Å²) in [6, 6.07) is 48.9. The molecule has 6 aromatic carbocycles. The van der Waals surface area contributed by atoms with Crippen molar-refractivity contribution >= 4 is 94.5 Å². The maximum atomic E-state index is 6.76. The van der Waals surface area contributed by atoms with Gasteiger partial charge in [0.15, 0.2) is 11.2 Å². The normalized spacial score (nSPS) is 14.7. The van der Waals surface area contributed by atoms with Crippen LogP contribution in [-0.2, 0) is 6.42 Å². The van der Waals surface area contributed by atoms with Crippen molar-refractivity contribution < 1.29 is 8.83 Å². The van der Waals surface area contributed by atoms with Gasteiger partial charge in [0, 0.05) is 39.3 Å². The summed E-state index contributed by atoms with van der Waals surface area (Å²) in [7, 11) is 0. The van der Waals surface area contributed by atoms with Gasteiger partial charge in [-0.1, -0.05) is 125 Å². The van der Waals surface area contributed by atoms with Crippen LogP contribution < -0.4 is 9.80 Å². The zero-order valence-electron chi connectivity index (χ0n) is 35.1. The predicted octanol–water partition coefficient (Wildman–Crippen LogP) is 15.2. The summed E-state index contributed by atoms with van der Waals surface area (Å²) in [6.07, 6.45) is 9.56. The number of pyridine rings is 2. The Morgan fingerprint density at radius 2 is 1.18 bits per heavy atom. The molecule has 0 aliphatic heterocycles. The van der Waals surface area contributed by atoms with Crippen LogP contribution in [0.25, 0.3) is 65.8 Å². The molecule has 0 saturated carbocycles. The number of rotatable bonds is 8. The van der Waals surface area contributed by atoms with Crippen LogP contribution in [0.15, 0.2) is 173 Å². The van der Waals surface area contributed by atoms with Crippen molar-refractivity contribution in [2.75, 3.05) is 9.80 Å². The van der Waals surface area contributed by atoms with E-state index in [9.17, 15) is 0 Å². The van der Waals surface area contributed by atoms with Crippen LogP contribution in [0, 0.1) is 5.92 Å². The van der Waals surface area contributed by atoms with Gasteiger partial charge < -0.3 is 13.7 Å². The fourth-order valence-corrected chi connectivity index (χ4v) is 10.3. The lowest BCUT2D eigenvalue weighted by molar-refractivity contribution is 0.667. The Balaban J connectivity index is 1.14. The number of allylic oxidation sites excluding steroid dienone is 2. The molecular weight excluding hydrogens is 761 g/mol. The summed E-state index contributed by atoms with van der Waals surface area (Å²) in [5.74, 6) is 2.22. The Morgan fingerprint density at radius 1 is 0.565 bits per heavy atom.